The van der Waals surface area contributed by atoms with Gasteiger partial charge in [-0.15, -0.1) is 0 Å². The fourth-order valence-corrected chi connectivity index (χ4v) is 2.57. The van der Waals surface area contributed by atoms with E-state index in [1.54, 1.807) is 24.7 Å². The lowest BCUT2D eigenvalue weighted by atomic mass is 9.87. The Labute approximate surface area is 153 Å². The Balaban J connectivity index is 1.66. The number of hydrogen-bond donors (Lipinski definition) is 2. The maximum Gasteiger partial charge on any atom is 0.273 e. The van der Waals surface area contributed by atoms with Gasteiger partial charge in [0.2, 0.25) is 0 Å². The van der Waals surface area contributed by atoms with Crippen LogP contribution in [-0.4, -0.2) is 9.97 Å². The molecule has 0 amide bonds. The summed E-state index contributed by atoms with van der Waals surface area (Å²) in [6.07, 6.45) is 5.10. The van der Waals surface area contributed by atoms with E-state index in [2.05, 4.69) is 48.4 Å². The molecule has 0 bridgehead atoms. The lowest BCUT2D eigenvalue weighted by molar-refractivity contribution is 0.180. The van der Waals surface area contributed by atoms with E-state index < -0.39 is 0 Å². The first-order chi connectivity index (χ1) is 12.4. The summed E-state index contributed by atoms with van der Waals surface area (Å²) in [4.78, 5) is 24.2. The largest absolute Gasteiger partial charge is 0.327 e. The normalized spacial score (nSPS) is 11.3. The third-order valence-corrected chi connectivity index (χ3v) is 4.16. The van der Waals surface area contributed by atoms with E-state index >= 15 is 0 Å². The molecule has 0 radical (unpaired) electrons. The van der Waals surface area contributed by atoms with Crippen LogP contribution >= 0.6 is 0 Å². The molecule has 0 aliphatic heterocycles. The zero-order chi connectivity index (χ0) is 18.6. The molecular weight excluding hydrogens is 326 g/mol. The zero-order valence-electron chi connectivity index (χ0n) is 15.2. The molecule has 3 aromatic rings. The highest BCUT2D eigenvalue weighted by molar-refractivity contribution is 5.65. The van der Waals surface area contributed by atoms with Crippen LogP contribution in [0.2, 0.25) is 0 Å². The third-order valence-electron chi connectivity index (χ3n) is 4.16. The van der Waals surface area contributed by atoms with Crippen molar-refractivity contribution in [2.24, 2.45) is 0 Å². The zero-order valence-corrected chi connectivity index (χ0v) is 15.2. The average molecular weight is 349 g/mol. The molecule has 0 spiro atoms. The van der Waals surface area contributed by atoms with Crippen molar-refractivity contribution in [3.63, 3.8) is 0 Å². The molecule has 0 aliphatic carbocycles. The molecule has 26 heavy (non-hydrogen) atoms. The van der Waals surface area contributed by atoms with Gasteiger partial charge in [-0.1, -0.05) is 45.0 Å². The number of nitrogens with zero attached hydrogens (tertiary/aromatic N) is 1. The van der Waals surface area contributed by atoms with Crippen LogP contribution in [-0.2, 0) is 16.9 Å². The Morgan fingerprint density at radius 2 is 1.73 bits per heavy atom. The van der Waals surface area contributed by atoms with Crippen LogP contribution in [0.5, 0.6) is 0 Å². The smallest absolute Gasteiger partial charge is 0.273 e. The van der Waals surface area contributed by atoms with Crippen LogP contribution in [0.25, 0.3) is 11.1 Å². The topological polar surface area (TPSA) is 67.0 Å². The predicted molar refractivity (Wildman–Crippen MR) is 104 cm³/mol. The second-order valence-electron chi connectivity index (χ2n) is 7.20. The van der Waals surface area contributed by atoms with Gasteiger partial charge in [0.15, 0.2) is 0 Å². The number of pyridine rings is 2. The van der Waals surface area contributed by atoms with Crippen molar-refractivity contribution in [2.75, 3.05) is 5.48 Å². The maximum absolute atomic E-state index is 12.0. The summed E-state index contributed by atoms with van der Waals surface area (Å²) < 4.78 is 0. The first-order valence-corrected chi connectivity index (χ1v) is 8.54. The van der Waals surface area contributed by atoms with Crippen molar-refractivity contribution in [1.29, 1.82) is 0 Å². The summed E-state index contributed by atoms with van der Waals surface area (Å²) in [6, 6.07) is 13.8. The maximum atomic E-state index is 12.0. The number of aromatic amines is 1. The van der Waals surface area contributed by atoms with Gasteiger partial charge in [0.1, 0.15) is 5.69 Å². The number of benzene rings is 1. The van der Waals surface area contributed by atoms with E-state index in [9.17, 15) is 4.79 Å². The number of anilines is 1. The van der Waals surface area contributed by atoms with Gasteiger partial charge in [-0.2, -0.15) is 0 Å². The third kappa shape index (κ3) is 4.37. The Bertz CT molecular complexity index is 910. The first-order valence-electron chi connectivity index (χ1n) is 8.54. The van der Waals surface area contributed by atoms with Gasteiger partial charge >= 0.3 is 0 Å². The minimum Gasteiger partial charge on any atom is -0.327 e. The standard InChI is InChI=1S/C21H23N3O2/c1-21(2,3)18-6-4-15(5-7-18)14-26-24-19-12-17(13-23-20(19)25)16-8-10-22-11-9-16/h4-13,24H,14H2,1-3H3,(H,23,25). The predicted octanol–water partition coefficient (Wildman–Crippen LogP) is 4.28. The molecule has 0 unspecified atom stereocenters. The van der Waals surface area contributed by atoms with Crippen molar-refractivity contribution in [1.82, 2.24) is 9.97 Å². The van der Waals surface area contributed by atoms with E-state index in [4.69, 9.17) is 4.84 Å². The van der Waals surface area contributed by atoms with Gasteiger partial charge in [-0.25, -0.2) is 0 Å². The summed E-state index contributed by atoms with van der Waals surface area (Å²) in [5.74, 6) is 0. The molecule has 5 nitrogen and oxygen atoms in total. The average Bonchev–Trinajstić information content (AvgIpc) is 2.64. The monoisotopic (exact) mass is 349 g/mol. The minimum absolute atomic E-state index is 0.123. The summed E-state index contributed by atoms with van der Waals surface area (Å²) in [6.45, 7) is 6.91. The molecular formula is C21H23N3O2. The van der Waals surface area contributed by atoms with Crippen LogP contribution in [0.15, 0.2) is 65.8 Å². The fourth-order valence-electron chi connectivity index (χ4n) is 2.57. The Kier molecular flexibility index (Phi) is 5.19. The molecule has 134 valence electrons. The van der Waals surface area contributed by atoms with Crippen LogP contribution in [0.1, 0.15) is 31.9 Å². The van der Waals surface area contributed by atoms with Gasteiger partial charge in [0, 0.05) is 24.2 Å². The van der Waals surface area contributed by atoms with Crippen molar-refractivity contribution in [3.8, 4) is 11.1 Å². The highest BCUT2D eigenvalue weighted by atomic mass is 16.6. The van der Waals surface area contributed by atoms with Crippen molar-refractivity contribution in [3.05, 3.63) is 82.5 Å². The fraction of sp³-hybridized carbons (Fsp3) is 0.238. The second kappa shape index (κ2) is 7.54. The minimum atomic E-state index is -0.231. The molecule has 2 aromatic heterocycles. The summed E-state index contributed by atoms with van der Waals surface area (Å²) in [5.41, 5.74) is 7.18. The first kappa shape index (κ1) is 17.9. The number of rotatable bonds is 5. The molecule has 0 aliphatic rings. The molecule has 0 saturated heterocycles. The van der Waals surface area contributed by atoms with E-state index in [1.165, 1.54) is 5.56 Å². The van der Waals surface area contributed by atoms with Crippen molar-refractivity contribution < 1.29 is 4.84 Å². The van der Waals surface area contributed by atoms with E-state index in [0.29, 0.717) is 12.3 Å². The number of H-pyrrole nitrogens is 1. The molecule has 3 rings (SSSR count). The Morgan fingerprint density at radius 1 is 1.04 bits per heavy atom. The molecule has 5 heteroatoms. The second-order valence-corrected chi connectivity index (χ2v) is 7.20. The molecule has 0 saturated carbocycles. The van der Waals surface area contributed by atoms with Crippen LogP contribution in [0, 0.1) is 0 Å². The van der Waals surface area contributed by atoms with Gasteiger partial charge in [0.05, 0.1) is 6.61 Å². The van der Waals surface area contributed by atoms with Crippen molar-refractivity contribution in [2.45, 2.75) is 32.8 Å². The Morgan fingerprint density at radius 3 is 2.38 bits per heavy atom. The van der Waals surface area contributed by atoms with Gasteiger partial charge in [-0.05, 0) is 40.3 Å². The van der Waals surface area contributed by atoms with Gasteiger partial charge in [0.25, 0.3) is 5.56 Å². The highest BCUT2D eigenvalue weighted by Crippen LogP contribution is 2.22. The summed E-state index contributed by atoms with van der Waals surface area (Å²) in [5, 5.41) is 0. The van der Waals surface area contributed by atoms with Crippen LogP contribution in [0.3, 0.4) is 0 Å². The molecule has 2 N–H and O–H groups in total. The van der Waals surface area contributed by atoms with Crippen LogP contribution in [0.4, 0.5) is 5.69 Å². The number of nitrogens with one attached hydrogen (secondary N) is 2. The quantitative estimate of drug-likeness (QED) is 0.675. The SMILES string of the molecule is CC(C)(C)c1ccc(CONc2cc(-c3ccncc3)c[nH]c2=O)cc1. The van der Waals surface area contributed by atoms with Gasteiger partial charge < -0.3 is 4.98 Å². The van der Waals surface area contributed by atoms with Crippen LogP contribution < -0.4 is 11.0 Å². The highest BCUT2D eigenvalue weighted by Gasteiger charge is 2.12. The van der Waals surface area contributed by atoms with Crippen molar-refractivity contribution >= 4 is 5.69 Å². The molecule has 0 fully saturated rings. The summed E-state index contributed by atoms with van der Waals surface area (Å²) >= 11 is 0. The lowest BCUT2D eigenvalue weighted by Crippen LogP contribution is -2.14. The number of hydrogen-bond acceptors (Lipinski definition) is 4. The van der Waals surface area contributed by atoms with E-state index in [0.717, 1.165) is 16.7 Å². The lowest BCUT2D eigenvalue weighted by Gasteiger charge is -2.19. The van der Waals surface area contributed by atoms with E-state index in [1.807, 2.05) is 24.3 Å². The Hall–Kier alpha value is -2.92. The molecule has 2 heterocycles. The van der Waals surface area contributed by atoms with E-state index in [-0.39, 0.29) is 11.0 Å². The number of aromatic nitrogens is 2. The van der Waals surface area contributed by atoms with Gasteiger partial charge in [-0.3, -0.25) is 20.1 Å². The summed E-state index contributed by atoms with van der Waals surface area (Å²) in [7, 11) is 0. The molecule has 0 atom stereocenters. The molecule has 1 aromatic carbocycles.